The first kappa shape index (κ1) is 74.8. The van der Waals surface area contributed by atoms with Crippen molar-refractivity contribution in [1.82, 2.24) is 0 Å². The maximum atomic E-state index is 14.4. The van der Waals surface area contributed by atoms with E-state index in [-0.39, 0.29) is 60.0 Å². The number of carbonyl (C=O) groups is 4. The van der Waals surface area contributed by atoms with Crippen molar-refractivity contribution >= 4 is 76.8 Å². The highest BCUT2D eigenvalue weighted by Crippen LogP contribution is 2.60. The lowest BCUT2D eigenvalue weighted by Gasteiger charge is -2.61. The number of esters is 3. The van der Waals surface area contributed by atoms with Crippen LogP contribution in [0.1, 0.15) is 150 Å². The lowest BCUT2D eigenvalue weighted by molar-refractivity contribution is -0.146. The summed E-state index contributed by atoms with van der Waals surface area (Å²) in [4.78, 5) is 56.0. The van der Waals surface area contributed by atoms with Gasteiger partial charge in [0.25, 0.3) is 0 Å². The summed E-state index contributed by atoms with van der Waals surface area (Å²) in [7, 11) is -13.5. The Labute approximate surface area is 517 Å². The van der Waals surface area contributed by atoms with E-state index in [0.29, 0.717) is 11.3 Å². The molecule has 3 aromatic carbocycles. The van der Waals surface area contributed by atoms with Gasteiger partial charge in [-0.05, 0) is 176 Å². The smallest absolute Gasteiger partial charge is 0.345 e. The Morgan fingerprint density at radius 2 is 1.12 bits per heavy atom. The number of ketones is 1. The second kappa shape index (κ2) is 27.9. The van der Waals surface area contributed by atoms with Crippen LogP contribution in [0.2, 0.25) is 81.1 Å². The van der Waals surface area contributed by atoms with Gasteiger partial charge in [0.2, 0.25) is 16.6 Å². The fraction of sp³-hybridized carbons (Fsp3) is 0.606. The van der Waals surface area contributed by atoms with Crippen molar-refractivity contribution in [3.8, 4) is 11.5 Å². The van der Waals surface area contributed by atoms with E-state index in [4.69, 9.17) is 43.2 Å². The van der Waals surface area contributed by atoms with Gasteiger partial charge in [0.05, 0.1) is 55.4 Å². The Kier molecular flexibility index (Phi) is 24.6. The summed E-state index contributed by atoms with van der Waals surface area (Å²) in [6.45, 7) is 64.9. The molecule has 0 bridgehead atoms. The van der Waals surface area contributed by atoms with Crippen LogP contribution in [0.15, 0.2) is 84.1 Å². The molecule has 19 heteroatoms. The second-order valence-corrected chi connectivity index (χ2v) is 51.9. The normalized spacial score (nSPS) is 15.0. The van der Waals surface area contributed by atoms with E-state index in [0.717, 1.165) is 24.0 Å². The van der Waals surface area contributed by atoms with Crippen LogP contribution < -0.4 is 9.64 Å². The molecule has 0 saturated carbocycles. The first-order valence-corrected chi connectivity index (χ1v) is 45.0. The number of phenolic OH excluding ortho intramolecular Hbond substituents is 1. The number of hydrogen-bond donors (Lipinski definition) is 1. The number of ether oxygens (including phenoxy) is 4. The van der Waals surface area contributed by atoms with Gasteiger partial charge in [-0.1, -0.05) is 91.2 Å². The van der Waals surface area contributed by atoms with E-state index in [1.807, 2.05) is 19.9 Å². The molecule has 0 amide bonds. The predicted molar refractivity (Wildman–Crippen MR) is 360 cm³/mol. The molecular weight excluding hydrogens is 1160 g/mol. The molecule has 0 spiro atoms. The molecule has 0 saturated heterocycles. The van der Waals surface area contributed by atoms with Crippen molar-refractivity contribution in [2.45, 2.75) is 220 Å². The predicted octanol–water partition coefficient (Wildman–Crippen LogP) is 16.0. The third-order valence-electron chi connectivity index (χ3n) is 19.1. The molecule has 0 aliphatic heterocycles. The van der Waals surface area contributed by atoms with Crippen molar-refractivity contribution in [3.05, 3.63) is 106 Å². The number of rotatable bonds is 32. The van der Waals surface area contributed by atoms with Crippen LogP contribution in [0.4, 0.5) is 5.69 Å². The van der Waals surface area contributed by atoms with Crippen LogP contribution in [0.3, 0.4) is 0 Å². The first-order valence-electron chi connectivity index (χ1n) is 30.3. The third-order valence-corrected chi connectivity index (χ3v) is 39.9. The largest absolute Gasteiger partial charge is 0.507 e. The number of nitrogens with zero attached hydrogens (tertiary/aromatic N) is 1. The van der Waals surface area contributed by atoms with Crippen molar-refractivity contribution in [3.63, 3.8) is 0 Å². The number of hydrogen-bond acceptors (Lipinski definition) is 14. The van der Waals surface area contributed by atoms with Gasteiger partial charge in [-0.15, -0.1) is 0 Å². The molecule has 3 rings (SSSR count). The van der Waals surface area contributed by atoms with Gasteiger partial charge in [-0.2, -0.15) is 0 Å². The highest BCUT2D eigenvalue weighted by atomic mass is 28.4. The molecule has 3 atom stereocenters. The third kappa shape index (κ3) is 17.0. The van der Waals surface area contributed by atoms with Gasteiger partial charge in [0, 0.05) is 51.2 Å². The summed E-state index contributed by atoms with van der Waals surface area (Å²) in [6.07, 6.45) is 1.45. The maximum Gasteiger partial charge on any atom is 0.345 e. The number of anilines is 1. The van der Waals surface area contributed by atoms with Crippen LogP contribution in [0, 0.1) is 0 Å². The summed E-state index contributed by atoms with van der Waals surface area (Å²) < 4.78 is 53.5. The molecule has 0 aliphatic rings. The summed E-state index contributed by atoms with van der Waals surface area (Å²) in [6, 6.07) is 18.7. The fourth-order valence-electron chi connectivity index (χ4n) is 10.6. The van der Waals surface area contributed by atoms with E-state index in [1.165, 1.54) is 6.08 Å². The summed E-state index contributed by atoms with van der Waals surface area (Å²) in [5.41, 5.74) is -0.327. The lowest BCUT2D eigenvalue weighted by Crippen LogP contribution is -2.69. The quantitative estimate of drug-likeness (QED) is 0.0119. The molecule has 14 nitrogen and oxygen atoms in total. The SMILES string of the molecule is C=C(COc1ccc(C=C(C(=O)OCC)C(=O)OCC)cc1)[Si](C)(OC(C)(C)C(C)(C)[Si](C)(C)OC(C)(C)C(C)(C)[Si](C)(OC(C)(C)[Si](C)(C)C)C(C)COC(=O)c1ccccc1C(=O)c1ccc(N(CC)CC)cc1O)C(C)(C)O[Si](C)(C)C. The summed E-state index contributed by atoms with van der Waals surface area (Å²) in [5.74, 6) is -2.21. The van der Waals surface area contributed by atoms with Crippen molar-refractivity contribution in [2.24, 2.45) is 0 Å². The molecule has 0 radical (unpaired) electrons. The molecular formula is C66H109NO13Si5. The Morgan fingerprint density at radius 1 is 0.612 bits per heavy atom. The molecule has 3 unspecified atom stereocenters. The van der Waals surface area contributed by atoms with Gasteiger partial charge in [-0.25, -0.2) is 14.4 Å². The monoisotopic (exact) mass is 1260 g/mol. The van der Waals surface area contributed by atoms with Crippen molar-refractivity contribution in [1.29, 1.82) is 0 Å². The van der Waals surface area contributed by atoms with Gasteiger partial charge >= 0.3 is 17.9 Å². The van der Waals surface area contributed by atoms with Gasteiger partial charge < -0.3 is 46.7 Å². The van der Waals surface area contributed by atoms with Crippen molar-refractivity contribution in [2.75, 3.05) is 44.4 Å². The Balaban J connectivity index is 2.06. The summed E-state index contributed by atoms with van der Waals surface area (Å²) >= 11 is 0. The molecule has 0 aromatic heterocycles. The topological polar surface area (TPSA) is 166 Å². The number of phenols is 1. The van der Waals surface area contributed by atoms with E-state index in [2.05, 4.69) is 160 Å². The first-order chi connectivity index (χ1) is 38.6. The fourth-order valence-corrected chi connectivity index (χ4v) is 26.4. The molecule has 0 fully saturated rings. The summed E-state index contributed by atoms with van der Waals surface area (Å²) in [5, 5.41) is 9.49. The number of carbonyl (C=O) groups excluding carboxylic acids is 4. The van der Waals surface area contributed by atoms with E-state index in [1.54, 1.807) is 74.5 Å². The molecule has 0 aliphatic carbocycles. The Morgan fingerprint density at radius 3 is 1.59 bits per heavy atom. The zero-order valence-corrected chi connectivity index (χ0v) is 62.2. The highest BCUT2D eigenvalue weighted by molar-refractivity contribution is 6.84. The zero-order chi connectivity index (χ0) is 65.5. The highest BCUT2D eigenvalue weighted by Gasteiger charge is 2.64. The van der Waals surface area contributed by atoms with Gasteiger partial charge in [0.1, 0.15) is 23.7 Å². The average Bonchev–Trinajstić information content (AvgIpc) is 1.09. The van der Waals surface area contributed by atoms with Crippen LogP contribution in [-0.4, -0.2) is 131 Å². The van der Waals surface area contributed by atoms with Crippen LogP contribution in [-0.2, 0) is 41.5 Å². The number of benzene rings is 3. The Hall–Kier alpha value is -4.46. The minimum Gasteiger partial charge on any atom is -0.507 e. The van der Waals surface area contributed by atoms with E-state index < -0.39 is 96.8 Å². The molecule has 0 heterocycles. The molecule has 476 valence electrons. The number of aromatic hydroxyl groups is 1. The van der Waals surface area contributed by atoms with Crippen LogP contribution >= 0.6 is 0 Å². The second-order valence-electron chi connectivity index (χ2n) is 28.4. The van der Waals surface area contributed by atoms with Gasteiger partial charge in [0.15, 0.2) is 22.4 Å². The van der Waals surface area contributed by atoms with Crippen LogP contribution in [0.25, 0.3) is 6.08 Å². The standard InChI is InChI=1S/C66H109NO13Si5/c1-29-67(30-2)50-39-42-54(56(68)44-50)57(69)52-35-33-34-36-53(52)58(70)76-46-47(5)84(27,80-65(15,16)81(19,20)21)64(13,14)62(9,10)77-83(25,26)63(11,12)61(7,8)78-85(28,66(17,18)79-82(22,23)24)48(6)45-75-51-40-37-49(38-41-51)43-55(59(71)73-31-3)60(72)74-32-4/h33-44,47,68H,6,29-32,45-46H2,1-5,7-28H3. The van der Waals surface area contributed by atoms with E-state index >= 15 is 0 Å². The van der Waals surface area contributed by atoms with Gasteiger partial charge in [-0.3, -0.25) is 4.79 Å². The average molecular weight is 1270 g/mol. The minimum absolute atomic E-state index is 0.0339. The Bertz CT molecular complexity index is 2840. The minimum atomic E-state index is -3.24. The zero-order valence-electron chi connectivity index (χ0n) is 57.2. The maximum absolute atomic E-state index is 14.4. The van der Waals surface area contributed by atoms with Crippen LogP contribution in [0.5, 0.6) is 11.5 Å². The molecule has 1 N–H and O–H groups in total. The molecule has 85 heavy (non-hydrogen) atoms. The lowest BCUT2D eigenvalue weighted by atomic mass is 9.93. The van der Waals surface area contributed by atoms with Crippen molar-refractivity contribution < 1.29 is 60.9 Å². The van der Waals surface area contributed by atoms with E-state index in [9.17, 15) is 24.3 Å². The molecule has 3 aromatic rings.